The second-order valence-electron chi connectivity index (χ2n) is 5.68. The molecule has 1 fully saturated rings. The Balaban J connectivity index is 2.05. The molecule has 2 heterocycles. The van der Waals surface area contributed by atoms with Crippen LogP contribution in [0.5, 0.6) is 0 Å². The highest BCUT2D eigenvalue weighted by Gasteiger charge is 2.23. The highest BCUT2D eigenvalue weighted by atomic mass is 35.5. The molecule has 0 aliphatic carbocycles. The molecule has 0 bridgehead atoms. The first kappa shape index (κ1) is 16.7. The number of piperidine rings is 1. The largest absolute Gasteiger partial charge is 0.462 e. The van der Waals surface area contributed by atoms with Crippen molar-refractivity contribution in [3.8, 4) is 11.4 Å². The maximum absolute atomic E-state index is 12.3. The molecule has 1 aliphatic heterocycles. The second-order valence-corrected chi connectivity index (χ2v) is 6.09. The summed E-state index contributed by atoms with van der Waals surface area (Å²) in [6.45, 7) is 3.87. The smallest absolute Gasteiger partial charge is 0.343 e. The van der Waals surface area contributed by atoms with Gasteiger partial charge in [-0.05, 0) is 38.3 Å². The van der Waals surface area contributed by atoms with Gasteiger partial charge in [-0.3, -0.25) is 0 Å². The normalized spacial score (nSPS) is 14.5. The van der Waals surface area contributed by atoms with Gasteiger partial charge in [0, 0.05) is 24.8 Å². The van der Waals surface area contributed by atoms with Crippen LogP contribution in [0.2, 0.25) is 5.02 Å². The summed E-state index contributed by atoms with van der Waals surface area (Å²) in [5.74, 6) is 0.774. The number of nitrogens with zero attached hydrogens (tertiary/aromatic N) is 3. The van der Waals surface area contributed by atoms with E-state index in [2.05, 4.69) is 14.9 Å². The van der Waals surface area contributed by atoms with Crippen LogP contribution in [-0.2, 0) is 4.74 Å². The average Bonchev–Trinajstić information content (AvgIpc) is 2.62. The number of rotatable bonds is 4. The number of aromatic nitrogens is 2. The Morgan fingerprint density at radius 3 is 2.71 bits per heavy atom. The molecule has 126 valence electrons. The van der Waals surface area contributed by atoms with E-state index in [0.717, 1.165) is 31.5 Å². The Bertz CT molecular complexity index is 730. The van der Waals surface area contributed by atoms with E-state index in [4.69, 9.17) is 16.3 Å². The molecule has 0 atom stereocenters. The number of hydrogen-bond donors (Lipinski definition) is 0. The molecule has 24 heavy (non-hydrogen) atoms. The van der Waals surface area contributed by atoms with Gasteiger partial charge in [0.05, 0.1) is 11.6 Å². The van der Waals surface area contributed by atoms with Gasteiger partial charge < -0.3 is 9.64 Å². The third kappa shape index (κ3) is 3.51. The first-order valence-corrected chi connectivity index (χ1v) is 8.62. The summed E-state index contributed by atoms with van der Waals surface area (Å²) in [5.41, 5.74) is 1.17. The summed E-state index contributed by atoms with van der Waals surface area (Å²) < 4.78 is 5.16. The predicted octanol–water partition coefficient (Wildman–Crippen LogP) is 3.96. The Hall–Kier alpha value is -2.14. The fraction of sp³-hybridized carbons (Fsp3) is 0.389. The van der Waals surface area contributed by atoms with Crippen molar-refractivity contribution in [2.75, 3.05) is 24.6 Å². The summed E-state index contributed by atoms with van der Waals surface area (Å²) in [4.78, 5) is 23.4. The third-order valence-corrected chi connectivity index (χ3v) is 4.36. The molecule has 0 N–H and O–H groups in total. The number of anilines is 1. The van der Waals surface area contributed by atoms with E-state index >= 15 is 0 Å². The van der Waals surface area contributed by atoms with Crippen molar-refractivity contribution in [3.05, 3.63) is 41.0 Å². The van der Waals surface area contributed by atoms with E-state index in [1.165, 1.54) is 6.42 Å². The van der Waals surface area contributed by atoms with E-state index in [9.17, 15) is 4.79 Å². The van der Waals surface area contributed by atoms with Crippen molar-refractivity contribution in [1.29, 1.82) is 0 Å². The number of carbonyl (C=O) groups is 1. The fourth-order valence-corrected chi connectivity index (χ4v) is 3.07. The minimum Gasteiger partial charge on any atom is -0.462 e. The van der Waals surface area contributed by atoms with Crippen molar-refractivity contribution < 1.29 is 9.53 Å². The summed E-state index contributed by atoms with van der Waals surface area (Å²) >= 11 is 6.26. The maximum Gasteiger partial charge on any atom is 0.343 e. The van der Waals surface area contributed by atoms with Gasteiger partial charge in [-0.15, -0.1) is 0 Å². The van der Waals surface area contributed by atoms with Crippen LogP contribution < -0.4 is 4.90 Å². The van der Waals surface area contributed by atoms with Gasteiger partial charge in [-0.25, -0.2) is 14.8 Å². The minimum absolute atomic E-state index is 0.324. The molecule has 3 rings (SSSR count). The van der Waals surface area contributed by atoms with E-state index < -0.39 is 0 Å². The molecule has 1 aromatic heterocycles. The number of ether oxygens (including phenoxy) is 1. The molecular weight excluding hydrogens is 326 g/mol. The molecule has 5 nitrogen and oxygen atoms in total. The zero-order chi connectivity index (χ0) is 16.9. The van der Waals surface area contributed by atoms with Gasteiger partial charge >= 0.3 is 5.97 Å². The molecule has 1 aromatic carbocycles. The fourth-order valence-electron chi connectivity index (χ4n) is 2.84. The van der Waals surface area contributed by atoms with Gasteiger partial charge in [-0.2, -0.15) is 0 Å². The topological polar surface area (TPSA) is 55.3 Å². The molecule has 0 spiro atoms. The van der Waals surface area contributed by atoms with Crippen LogP contribution in [0.15, 0.2) is 30.5 Å². The Morgan fingerprint density at radius 2 is 2.00 bits per heavy atom. The van der Waals surface area contributed by atoms with Crippen LogP contribution in [-0.4, -0.2) is 35.6 Å². The summed E-state index contributed by atoms with van der Waals surface area (Å²) in [6.07, 6.45) is 4.93. The van der Waals surface area contributed by atoms with Gasteiger partial charge in [0.15, 0.2) is 5.82 Å². The number of halogens is 1. The number of benzene rings is 1. The van der Waals surface area contributed by atoms with E-state index in [0.29, 0.717) is 28.8 Å². The summed E-state index contributed by atoms with van der Waals surface area (Å²) in [7, 11) is 0. The lowest BCUT2D eigenvalue weighted by atomic mass is 10.1. The highest BCUT2D eigenvalue weighted by Crippen LogP contribution is 2.29. The molecule has 0 unspecified atom stereocenters. The van der Waals surface area contributed by atoms with Crippen LogP contribution in [0, 0.1) is 0 Å². The molecule has 1 aliphatic rings. The Kier molecular flexibility index (Phi) is 5.30. The molecule has 1 saturated heterocycles. The minimum atomic E-state index is -0.385. The summed E-state index contributed by atoms with van der Waals surface area (Å²) in [5, 5.41) is 0.589. The Labute approximate surface area is 146 Å². The van der Waals surface area contributed by atoms with E-state index in [1.54, 1.807) is 19.2 Å². The average molecular weight is 346 g/mol. The van der Waals surface area contributed by atoms with Crippen LogP contribution in [0.4, 0.5) is 5.82 Å². The quantitative estimate of drug-likeness (QED) is 0.785. The first-order chi connectivity index (χ1) is 11.7. The zero-order valence-corrected chi connectivity index (χ0v) is 14.4. The molecule has 0 saturated carbocycles. The number of esters is 1. The lowest BCUT2D eigenvalue weighted by Crippen LogP contribution is -2.32. The Morgan fingerprint density at radius 1 is 1.25 bits per heavy atom. The zero-order valence-electron chi connectivity index (χ0n) is 13.7. The van der Waals surface area contributed by atoms with Gasteiger partial charge in [0.25, 0.3) is 0 Å². The van der Waals surface area contributed by atoms with Crippen molar-refractivity contribution >= 4 is 23.4 Å². The van der Waals surface area contributed by atoms with Crippen molar-refractivity contribution in [2.24, 2.45) is 0 Å². The molecule has 2 aromatic rings. The predicted molar refractivity (Wildman–Crippen MR) is 94.5 cm³/mol. The molecular formula is C18H20ClN3O2. The van der Waals surface area contributed by atoms with E-state index in [1.807, 2.05) is 18.2 Å². The highest BCUT2D eigenvalue weighted by molar-refractivity contribution is 6.33. The second kappa shape index (κ2) is 7.62. The molecule has 0 radical (unpaired) electrons. The van der Waals surface area contributed by atoms with Crippen LogP contribution in [0.1, 0.15) is 36.5 Å². The van der Waals surface area contributed by atoms with Crippen molar-refractivity contribution in [3.63, 3.8) is 0 Å². The summed E-state index contributed by atoms with van der Waals surface area (Å²) in [6, 6.07) is 7.44. The van der Waals surface area contributed by atoms with Gasteiger partial charge in [-0.1, -0.05) is 23.7 Å². The van der Waals surface area contributed by atoms with E-state index in [-0.39, 0.29) is 5.97 Å². The standard InChI is InChI=1S/C18H20ClN3O2/c1-2-24-18(23)14-12-20-16(13-8-4-5-9-15(13)19)21-17(14)22-10-6-3-7-11-22/h4-5,8-9,12H,2-3,6-7,10-11H2,1H3. The van der Waals surface area contributed by atoms with Crippen LogP contribution in [0.25, 0.3) is 11.4 Å². The third-order valence-electron chi connectivity index (χ3n) is 4.03. The number of hydrogen-bond acceptors (Lipinski definition) is 5. The maximum atomic E-state index is 12.3. The van der Waals surface area contributed by atoms with Crippen LogP contribution in [0.3, 0.4) is 0 Å². The SMILES string of the molecule is CCOC(=O)c1cnc(-c2ccccc2Cl)nc1N1CCCCC1. The lowest BCUT2D eigenvalue weighted by Gasteiger charge is -2.29. The van der Waals surface area contributed by atoms with Gasteiger partial charge in [0.2, 0.25) is 0 Å². The van der Waals surface area contributed by atoms with Crippen molar-refractivity contribution in [2.45, 2.75) is 26.2 Å². The first-order valence-electron chi connectivity index (χ1n) is 8.24. The van der Waals surface area contributed by atoms with Crippen molar-refractivity contribution in [1.82, 2.24) is 9.97 Å². The number of carbonyl (C=O) groups excluding carboxylic acids is 1. The lowest BCUT2D eigenvalue weighted by molar-refractivity contribution is 0.0526. The molecule has 6 heteroatoms. The molecule has 0 amide bonds. The van der Waals surface area contributed by atoms with Gasteiger partial charge in [0.1, 0.15) is 11.4 Å². The van der Waals surface area contributed by atoms with Crippen LogP contribution >= 0.6 is 11.6 Å². The monoisotopic (exact) mass is 345 g/mol.